The summed E-state index contributed by atoms with van der Waals surface area (Å²) in [7, 11) is -0.0707. The van der Waals surface area contributed by atoms with E-state index in [0.29, 0.717) is 35.3 Å². The molecule has 0 unspecified atom stereocenters. The van der Waals surface area contributed by atoms with Gasteiger partial charge in [0.1, 0.15) is 5.82 Å². The summed E-state index contributed by atoms with van der Waals surface area (Å²) in [6, 6.07) is 19.8. The normalized spacial score (nSPS) is 13.6. The van der Waals surface area contributed by atoms with Crippen molar-refractivity contribution in [3.63, 3.8) is 0 Å². The molecule has 3 aromatic carbocycles. The van der Waals surface area contributed by atoms with Crippen molar-refractivity contribution in [3.8, 4) is 11.1 Å². The summed E-state index contributed by atoms with van der Waals surface area (Å²) >= 11 is 12.5. The van der Waals surface area contributed by atoms with Crippen LogP contribution in [0.15, 0.2) is 83.1 Å². The molecule has 39 heavy (non-hydrogen) atoms. The molecule has 1 N–H and O–H groups in total. The van der Waals surface area contributed by atoms with Crippen molar-refractivity contribution in [1.29, 1.82) is 0 Å². The second-order valence-corrected chi connectivity index (χ2v) is 11.8. The zero-order valence-electron chi connectivity index (χ0n) is 21.5. The lowest BCUT2D eigenvalue weighted by Gasteiger charge is -2.17. The van der Waals surface area contributed by atoms with Gasteiger partial charge in [-0.05, 0) is 47.9 Å². The first kappa shape index (κ1) is 27.3. The summed E-state index contributed by atoms with van der Waals surface area (Å²) < 4.78 is 39.8. The van der Waals surface area contributed by atoms with Crippen LogP contribution in [0.25, 0.3) is 28.3 Å². The summed E-state index contributed by atoms with van der Waals surface area (Å²) in [5.41, 5.74) is 5.69. The smallest absolute Gasteiger partial charge is 0.374 e. The van der Waals surface area contributed by atoms with E-state index in [9.17, 15) is 8.42 Å². The van der Waals surface area contributed by atoms with E-state index in [1.807, 2.05) is 89.2 Å². The van der Waals surface area contributed by atoms with Gasteiger partial charge in [-0.3, -0.25) is 4.55 Å². The third-order valence-electron chi connectivity index (χ3n) is 6.78. The van der Waals surface area contributed by atoms with Crippen molar-refractivity contribution in [2.24, 2.45) is 0 Å². The van der Waals surface area contributed by atoms with Crippen molar-refractivity contribution in [2.45, 2.75) is 19.4 Å². The van der Waals surface area contributed by atoms with E-state index in [-0.39, 0.29) is 5.75 Å². The molecular weight excluding hydrogens is 557 g/mol. The maximum Gasteiger partial charge on any atom is 0.374 e. The fraction of sp³-hybridized carbons (Fsp3) is 0.207. The minimum Gasteiger partial charge on any atom is -0.398 e. The van der Waals surface area contributed by atoms with E-state index >= 15 is 0 Å². The zero-order chi connectivity index (χ0) is 27.7. The average molecular weight is 586 g/mol. The number of anilines is 2. The van der Waals surface area contributed by atoms with E-state index in [4.69, 9.17) is 32.2 Å². The highest BCUT2D eigenvalue weighted by Crippen LogP contribution is 2.43. The molecule has 1 aliphatic heterocycles. The van der Waals surface area contributed by atoms with Crippen molar-refractivity contribution in [1.82, 2.24) is 0 Å². The minimum absolute atomic E-state index is 0.275. The largest absolute Gasteiger partial charge is 0.398 e. The van der Waals surface area contributed by atoms with Crippen LogP contribution in [0, 0.1) is 0 Å². The first-order valence-electron chi connectivity index (χ1n) is 12.4. The second kappa shape index (κ2) is 11.1. The molecule has 0 aliphatic carbocycles. The number of fused-ring (bicyclic) bond motifs is 2. The monoisotopic (exact) mass is 584 g/mol. The standard InChI is InChI=1S/C29H27Cl2N3O4S/c1-32-24-18-22(30)23(31)19-25(24)33(2)28(32)11-8-12-29-34(15-6-7-16-39(35,36)37)26-17-21(13-14-27(26)38-29)20-9-4-3-5-10-20/h3-5,8-14,17-19H,6-7,15-16H2,1-2H3/p+1. The van der Waals surface area contributed by atoms with Gasteiger partial charge in [0, 0.05) is 26.6 Å². The first-order valence-corrected chi connectivity index (χ1v) is 14.8. The molecule has 202 valence electrons. The number of aryl methyl sites for hydroxylation is 1. The molecule has 1 aromatic heterocycles. The Balaban J connectivity index is 1.47. The lowest BCUT2D eigenvalue weighted by molar-refractivity contribution is -0.678. The van der Waals surface area contributed by atoms with Gasteiger partial charge in [-0.2, -0.15) is 13.0 Å². The average Bonchev–Trinajstić information content (AvgIpc) is 3.36. The highest BCUT2D eigenvalue weighted by molar-refractivity contribution is 7.85. The fourth-order valence-electron chi connectivity index (χ4n) is 4.80. The molecule has 0 atom stereocenters. The minimum atomic E-state index is -4.00. The number of rotatable bonds is 8. The van der Waals surface area contributed by atoms with Gasteiger partial charge in [0.15, 0.2) is 6.54 Å². The first-order chi connectivity index (χ1) is 18.6. The van der Waals surface area contributed by atoms with Crippen molar-refractivity contribution in [3.05, 3.63) is 94.6 Å². The maximum atomic E-state index is 11.2. The molecule has 5 rings (SSSR count). The molecule has 0 fully saturated rings. The van der Waals surface area contributed by atoms with Gasteiger partial charge >= 0.3 is 5.89 Å². The lowest BCUT2D eigenvalue weighted by atomic mass is 10.1. The van der Waals surface area contributed by atoms with Crippen LogP contribution < -0.4 is 14.4 Å². The predicted molar refractivity (Wildman–Crippen MR) is 158 cm³/mol. The number of oxazole rings is 1. The van der Waals surface area contributed by atoms with Gasteiger partial charge in [0.25, 0.3) is 15.6 Å². The number of allylic oxidation sites excluding steroid dienone is 2. The van der Waals surface area contributed by atoms with Gasteiger partial charge in [0.05, 0.1) is 33.2 Å². The third kappa shape index (κ3) is 5.84. The molecule has 0 spiro atoms. The number of hydrogen-bond donors (Lipinski definition) is 1. The Hall–Kier alpha value is -3.30. The molecular formula is C29H28Cl2N3O4S+. The molecule has 4 aromatic rings. The van der Waals surface area contributed by atoms with Gasteiger partial charge in [-0.25, -0.2) is 0 Å². The fourth-order valence-corrected chi connectivity index (χ4v) is 5.68. The third-order valence-corrected chi connectivity index (χ3v) is 8.31. The van der Waals surface area contributed by atoms with Crippen LogP contribution in [0.4, 0.5) is 11.4 Å². The van der Waals surface area contributed by atoms with Crippen LogP contribution in [0.3, 0.4) is 0 Å². The van der Waals surface area contributed by atoms with Crippen LogP contribution in [0.1, 0.15) is 18.7 Å². The maximum absolute atomic E-state index is 11.2. The molecule has 1 aliphatic rings. The van der Waals surface area contributed by atoms with E-state index < -0.39 is 10.1 Å². The zero-order valence-corrected chi connectivity index (χ0v) is 23.8. The van der Waals surface area contributed by atoms with Crippen LogP contribution >= 0.6 is 23.2 Å². The summed E-state index contributed by atoms with van der Waals surface area (Å²) in [6.45, 7) is 0.527. The molecule has 7 nitrogen and oxygen atoms in total. The van der Waals surface area contributed by atoms with Crippen molar-refractivity contribution < 1.29 is 22.0 Å². The molecule has 0 bridgehead atoms. The predicted octanol–water partition coefficient (Wildman–Crippen LogP) is 6.80. The Morgan fingerprint density at radius 1 is 0.923 bits per heavy atom. The Morgan fingerprint density at radius 2 is 1.59 bits per heavy atom. The van der Waals surface area contributed by atoms with Crippen LogP contribution in [-0.2, 0) is 16.7 Å². The van der Waals surface area contributed by atoms with Gasteiger partial charge in [-0.1, -0.05) is 59.6 Å². The van der Waals surface area contributed by atoms with E-state index in [0.717, 1.165) is 39.4 Å². The molecule has 0 saturated heterocycles. The number of nitrogens with zero attached hydrogens (tertiary/aromatic N) is 3. The molecule has 2 heterocycles. The van der Waals surface area contributed by atoms with E-state index in [1.165, 1.54) is 0 Å². The molecule has 10 heteroatoms. The molecule has 0 amide bonds. The number of halogens is 2. The SMILES string of the molecule is CN1C(=CC=Cc2oc3ccc(-c4ccccc4)cc3[n+]2CCCCS(=O)(=O)O)N(C)c2cc(Cl)c(Cl)cc21. The number of aromatic nitrogens is 1. The molecule has 0 radical (unpaired) electrons. The second-order valence-electron chi connectivity index (χ2n) is 9.39. The van der Waals surface area contributed by atoms with Gasteiger partial charge in [-0.15, -0.1) is 0 Å². The topological polar surface area (TPSA) is 77.9 Å². The Labute approximate surface area is 237 Å². The highest BCUT2D eigenvalue weighted by Gasteiger charge is 2.27. The van der Waals surface area contributed by atoms with E-state index in [1.54, 1.807) is 0 Å². The number of hydrogen-bond acceptors (Lipinski definition) is 5. The van der Waals surface area contributed by atoms with Crippen molar-refractivity contribution in [2.75, 3.05) is 29.6 Å². The van der Waals surface area contributed by atoms with E-state index in [2.05, 4.69) is 18.2 Å². The summed E-state index contributed by atoms with van der Waals surface area (Å²) in [6.07, 6.45) is 6.68. The quantitative estimate of drug-likeness (QED) is 0.139. The Bertz CT molecular complexity index is 1660. The highest BCUT2D eigenvalue weighted by atomic mass is 35.5. The number of unbranched alkanes of at least 4 members (excludes halogenated alkanes) is 1. The summed E-state index contributed by atoms with van der Waals surface area (Å²) in [5, 5.41) is 0.999. The Morgan fingerprint density at radius 3 is 2.23 bits per heavy atom. The van der Waals surface area contributed by atoms with Crippen molar-refractivity contribution >= 4 is 61.9 Å². The van der Waals surface area contributed by atoms with Gasteiger partial charge in [0.2, 0.25) is 5.58 Å². The van der Waals surface area contributed by atoms with Crippen LogP contribution in [-0.4, -0.2) is 32.8 Å². The molecule has 0 saturated carbocycles. The van der Waals surface area contributed by atoms with Crippen LogP contribution in [0.5, 0.6) is 0 Å². The summed E-state index contributed by atoms with van der Waals surface area (Å²) in [4.78, 5) is 4.08. The lowest BCUT2D eigenvalue weighted by Crippen LogP contribution is -2.35. The van der Waals surface area contributed by atoms with Gasteiger partial charge < -0.3 is 14.2 Å². The number of benzene rings is 3. The van der Waals surface area contributed by atoms with Crippen LogP contribution in [0.2, 0.25) is 10.0 Å². The summed E-state index contributed by atoms with van der Waals surface area (Å²) in [5.74, 6) is 1.29. The Kier molecular flexibility index (Phi) is 7.73.